The van der Waals surface area contributed by atoms with Crippen LogP contribution in [0.4, 0.5) is 0 Å². The first-order valence-electron chi connectivity index (χ1n) is 14.4. The first kappa shape index (κ1) is 39.3. The number of carboxylic acid groups (broad SMARTS) is 1. The van der Waals surface area contributed by atoms with Gasteiger partial charge < -0.3 is 74.4 Å². The average Bonchev–Trinajstić information content (AvgIpc) is 3.03. The van der Waals surface area contributed by atoms with Crippen LogP contribution in [-0.2, 0) is 33.2 Å². The van der Waals surface area contributed by atoms with E-state index in [1.165, 1.54) is 0 Å². The maximum absolute atomic E-state index is 12.7. The van der Waals surface area contributed by atoms with Gasteiger partial charge in [-0.05, 0) is 24.4 Å². The molecular formula is C24H39ClN6O16. The highest BCUT2D eigenvalue weighted by atomic mass is 35.5. The van der Waals surface area contributed by atoms with Gasteiger partial charge in [0, 0.05) is 22.1 Å². The molecule has 47 heavy (non-hydrogen) atoms. The standard InChI is InChI=1S/C24H39ClN6O16/c1-8(34)12(28-30-26)19-13(29-31-27)9(35)5-24(46-19,23(40)41)47-20-14(36)10(6-32)43-22(17(20)39)45-18-11(7-33)44-21(16(38)15(18)37)42-4-2-3-25/h8-22,32-39H,2-7H2,1H3,(H,40,41)/t8-,9-,10?,11?,12-,13-,14+,15-,16?,17?,18-,19?,20+,21-,22+,24+/m1/s1. The van der Waals surface area contributed by atoms with Crippen molar-refractivity contribution in [2.24, 2.45) is 10.2 Å². The minimum atomic E-state index is -2.98. The first-order valence-corrected chi connectivity index (χ1v) is 15.0. The smallest absolute Gasteiger partial charge is 0.364 e. The Morgan fingerprint density at radius 1 is 1.00 bits per heavy atom. The van der Waals surface area contributed by atoms with Gasteiger partial charge in [-0.15, -0.1) is 11.6 Å². The first-order chi connectivity index (χ1) is 22.3. The lowest BCUT2D eigenvalue weighted by atomic mass is 9.88. The highest BCUT2D eigenvalue weighted by molar-refractivity contribution is 6.17. The molecule has 3 aliphatic heterocycles. The SMILES string of the molecule is C[C@@H](O)[C@@H](N=[N+]=[N-])C1O[C@@](O[C@@H]2C(O)[C@H](O[C@@H]3C(CO)O[C@@H](OCCCCl)C(O)[C@H]3O)OC(CO)[C@@H]2O)(C(=O)O)C[C@@H](O)[C@H]1N=[N+]=[N-]. The number of carbonyl (C=O) groups is 1. The largest absolute Gasteiger partial charge is 0.477 e. The van der Waals surface area contributed by atoms with Gasteiger partial charge in [0.05, 0.1) is 50.2 Å². The van der Waals surface area contributed by atoms with Crippen molar-refractivity contribution < 1.29 is 79.2 Å². The van der Waals surface area contributed by atoms with Crippen molar-refractivity contribution in [1.82, 2.24) is 0 Å². The number of rotatable bonds is 15. The van der Waals surface area contributed by atoms with E-state index in [4.69, 9.17) is 51.1 Å². The molecule has 0 aromatic rings. The summed E-state index contributed by atoms with van der Waals surface area (Å²) in [4.78, 5) is 17.8. The highest BCUT2D eigenvalue weighted by Gasteiger charge is 2.59. The number of aliphatic hydroxyl groups is 8. The van der Waals surface area contributed by atoms with Crippen LogP contribution in [-0.4, -0.2) is 175 Å². The maximum Gasteiger partial charge on any atom is 0.364 e. The van der Waals surface area contributed by atoms with Gasteiger partial charge >= 0.3 is 5.97 Å². The number of carboxylic acids is 1. The van der Waals surface area contributed by atoms with Crippen LogP contribution in [0.15, 0.2) is 10.2 Å². The van der Waals surface area contributed by atoms with Crippen molar-refractivity contribution in [3.63, 3.8) is 0 Å². The van der Waals surface area contributed by atoms with Gasteiger partial charge in [-0.3, -0.25) is 0 Å². The van der Waals surface area contributed by atoms with Crippen LogP contribution in [0, 0.1) is 0 Å². The molecular weight excluding hydrogens is 664 g/mol. The van der Waals surface area contributed by atoms with E-state index in [0.29, 0.717) is 6.42 Å². The molecule has 0 spiro atoms. The molecule has 0 aromatic heterocycles. The van der Waals surface area contributed by atoms with Crippen LogP contribution >= 0.6 is 11.6 Å². The lowest BCUT2D eigenvalue weighted by molar-refractivity contribution is -0.384. The molecule has 3 aliphatic rings. The lowest BCUT2D eigenvalue weighted by Crippen LogP contribution is -2.68. The van der Waals surface area contributed by atoms with E-state index in [-0.39, 0.29) is 12.5 Å². The Hall–Kier alpha value is -2.18. The number of hydrogen-bond donors (Lipinski definition) is 9. The lowest BCUT2D eigenvalue weighted by Gasteiger charge is -2.50. The Kier molecular flexibility index (Phi) is 14.6. The molecule has 16 atom stereocenters. The van der Waals surface area contributed by atoms with Gasteiger partial charge in [-0.1, -0.05) is 10.2 Å². The minimum Gasteiger partial charge on any atom is -0.477 e. The molecule has 0 amide bonds. The van der Waals surface area contributed by atoms with E-state index < -0.39 is 123 Å². The Bertz CT molecular complexity index is 1110. The number of azide groups is 2. The molecule has 0 aliphatic carbocycles. The molecule has 3 saturated heterocycles. The van der Waals surface area contributed by atoms with Crippen LogP contribution in [0.2, 0.25) is 0 Å². The van der Waals surface area contributed by atoms with E-state index >= 15 is 0 Å². The van der Waals surface area contributed by atoms with Crippen LogP contribution in [0.1, 0.15) is 19.8 Å². The summed E-state index contributed by atoms with van der Waals surface area (Å²) in [6.07, 6.45) is -23.7. The molecule has 0 saturated carbocycles. The van der Waals surface area contributed by atoms with Crippen LogP contribution in [0.25, 0.3) is 20.9 Å². The Morgan fingerprint density at radius 2 is 1.66 bits per heavy atom. The van der Waals surface area contributed by atoms with E-state index in [1.807, 2.05) is 0 Å². The molecule has 0 radical (unpaired) electrons. The minimum absolute atomic E-state index is 0.0363. The molecule has 3 rings (SSSR count). The predicted octanol–water partition coefficient (Wildman–Crippen LogP) is -3.05. The molecule has 9 N–H and O–H groups in total. The fourth-order valence-corrected chi connectivity index (χ4v) is 5.59. The van der Waals surface area contributed by atoms with Crippen LogP contribution in [0.3, 0.4) is 0 Å². The molecule has 3 fully saturated rings. The third-order valence-corrected chi connectivity index (χ3v) is 8.15. The van der Waals surface area contributed by atoms with Crippen molar-refractivity contribution in [1.29, 1.82) is 0 Å². The van der Waals surface area contributed by atoms with Gasteiger partial charge in [0.25, 0.3) is 5.79 Å². The Labute approximate surface area is 271 Å². The topological polar surface area (TPSA) is 352 Å². The molecule has 3 heterocycles. The number of hydrogen-bond acceptors (Lipinski definition) is 17. The van der Waals surface area contributed by atoms with Crippen molar-refractivity contribution in [2.45, 2.75) is 117 Å². The summed E-state index contributed by atoms with van der Waals surface area (Å²) >= 11 is 5.62. The number of halogens is 1. The highest BCUT2D eigenvalue weighted by Crippen LogP contribution is 2.39. The third-order valence-electron chi connectivity index (χ3n) is 7.88. The number of aliphatic carboxylic acids is 1. The van der Waals surface area contributed by atoms with Crippen molar-refractivity contribution in [3.8, 4) is 0 Å². The second-order valence-electron chi connectivity index (χ2n) is 11.1. The summed E-state index contributed by atoms with van der Waals surface area (Å²) < 4.78 is 33.2. The monoisotopic (exact) mass is 702 g/mol. The van der Waals surface area contributed by atoms with E-state index in [2.05, 4.69) is 20.1 Å². The van der Waals surface area contributed by atoms with Gasteiger partial charge in [0.2, 0.25) is 0 Å². The zero-order valence-electron chi connectivity index (χ0n) is 24.8. The molecule has 268 valence electrons. The summed E-state index contributed by atoms with van der Waals surface area (Å²) in [5.41, 5.74) is 18.0. The zero-order valence-corrected chi connectivity index (χ0v) is 25.6. The van der Waals surface area contributed by atoms with Gasteiger partial charge in [-0.25, -0.2) is 4.79 Å². The third kappa shape index (κ3) is 8.71. The van der Waals surface area contributed by atoms with Gasteiger partial charge in [-0.2, -0.15) is 0 Å². The zero-order chi connectivity index (χ0) is 35.1. The van der Waals surface area contributed by atoms with Gasteiger partial charge in [0.15, 0.2) is 12.6 Å². The van der Waals surface area contributed by atoms with E-state index in [1.54, 1.807) is 0 Å². The van der Waals surface area contributed by atoms with Crippen molar-refractivity contribution >= 4 is 17.6 Å². The average molecular weight is 703 g/mol. The fourth-order valence-electron chi connectivity index (χ4n) is 5.48. The molecule has 23 heteroatoms. The van der Waals surface area contributed by atoms with Gasteiger partial charge in [0.1, 0.15) is 48.8 Å². The number of ether oxygens (including phenoxy) is 6. The predicted molar refractivity (Wildman–Crippen MR) is 150 cm³/mol. The number of aliphatic hydroxyl groups excluding tert-OH is 8. The second kappa shape index (κ2) is 17.5. The quantitative estimate of drug-likeness (QED) is 0.0269. The number of nitrogens with zero attached hydrogens (tertiary/aromatic N) is 6. The molecule has 22 nitrogen and oxygen atoms in total. The Morgan fingerprint density at radius 3 is 2.21 bits per heavy atom. The second-order valence-corrected chi connectivity index (χ2v) is 11.4. The summed E-state index contributed by atoms with van der Waals surface area (Å²) in [7, 11) is 0. The molecule has 0 bridgehead atoms. The van der Waals surface area contributed by atoms with Crippen molar-refractivity contribution in [3.05, 3.63) is 20.9 Å². The van der Waals surface area contributed by atoms with E-state index in [0.717, 1.165) is 6.92 Å². The molecule has 0 aromatic carbocycles. The summed E-state index contributed by atoms with van der Waals surface area (Å²) in [5, 5.41) is 101. The van der Waals surface area contributed by atoms with Crippen molar-refractivity contribution in [2.75, 3.05) is 25.7 Å². The van der Waals surface area contributed by atoms with Crippen LogP contribution in [0.5, 0.6) is 0 Å². The summed E-state index contributed by atoms with van der Waals surface area (Å²) in [6.45, 7) is -0.565. The number of alkyl halides is 1. The summed E-state index contributed by atoms with van der Waals surface area (Å²) in [6, 6.07) is -3.25. The maximum atomic E-state index is 12.7. The van der Waals surface area contributed by atoms with Crippen LogP contribution < -0.4 is 0 Å². The van der Waals surface area contributed by atoms with E-state index in [9.17, 15) is 50.8 Å². The fraction of sp³-hybridized carbons (Fsp3) is 0.958. The summed E-state index contributed by atoms with van der Waals surface area (Å²) in [5.74, 6) is -4.69. The Balaban J connectivity index is 1.93. The molecule has 5 unspecified atom stereocenters. The normalized spacial score (nSPS) is 42.0.